The van der Waals surface area contributed by atoms with Crippen LogP contribution < -0.4 is 5.32 Å². The fraction of sp³-hybridized carbons (Fsp3) is 0.579. The Morgan fingerprint density at radius 1 is 1.17 bits per heavy atom. The van der Waals surface area contributed by atoms with Gasteiger partial charge in [-0.25, -0.2) is 0 Å². The van der Waals surface area contributed by atoms with Gasteiger partial charge in [0, 0.05) is 6.42 Å². The molecule has 2 rings (SSSR count). The molecular weight excluding hydrogens is 290 g/mol. The van der Waals surface area contributed by atoms with Crippen LogP contribution in [-0.2, 0) is 15.0 Å². The molecule has 0 heterocycles. The van der Waals surface area contributed by atoms with Crippen molar-refractivity contribution in [3.05, 3.63) is 35.9 Å². The first-order chi connectivity index (χ1) is 10.8. The topological polar surface area (TPSA) is 66.4 Å². The Bertz CT molecular complexity index is 545. The largest absolute Gasteiger partial charge is 0.481 e. The third-order valence-electron chi connectivity index (χ3n) is 4.99. The predicted octanol–water partition coefficient (Wildman–Crippen LogP) is 3.65. The monoisotopic (exact) mass is 317 g/mol. The van der Waals surface area contributed by atoms with Crippen molar-refractivity contribution in [2.75, 3.05) is 0 Å². The Morgan fingerprint density at radius 3 is 2.35 bits per heavy atom. The zero-order chi connectivity index (χ0) is 16.9. The smallest absolute Gasteiger partial charge is 0.305 e. The minimum absolute atomic E-state index is 0.0286. The third-order valence-corrected chi connectivity index (χ3v) is 4.99. The van der Waals surface area contributed by atoms with Crippen molar-refractivity contribution >= 4 is 11.9 Å². The van der Waals surface area contributed by atoms with Gasteiger partial charge in [0.25, 0.3) is 0 Å². The van der Waals surface area contributed by atoms with E-state index in [-0.39, 0.29) is 17.7 Å². The molecule has 1 aliphatic carbocycles. The zero-order valence-corrected chi connectivity index (χ0v) is 14.1. The van der Waals surface area contributed by atoms with Crippen molar-refractivity contribution in [3.8, 4) is 0 Å². The van der Waals surface area contributed by atoms with Crippen LogP contribution in [0.4, 0.5) is 0 Å². The summed E-state index contributed by atoms with van der Waals surface area (Å²) in [6.45, 7) is 4.27. The second-order valence-electron chi connectivity index (χ2n) is 7.36. The van der Waals surface area contributed by atoms with E-state index in [1.807, 2.05) is 18.2 Å². The fourth-order valence-electron chi connectivity index (χ4n) is 3.51. The fourth-order valence-corrected chi connectivity index (χ4v) is 3.51. The van der Waals surface area contributed by atoms with Crippen molar-refractivity contribution in [1.29, 1.82) is 0 Å². The quantitative estimate of drug-likeness (QED) is 0.806. The van der Waals surface area contributed by atoms with Crippen LogP contribution in [0.2, 0.25) is 0 Å². The first kappa shape index (κ1) is 17.5. The molecule has 0 unspecified atom stereocenters. The number of carboxylic acid groups (broad SMARTS) is 1. The van der Waals surface area contributed by atoms with Gasteiger partial charge in [-0.3, -0.25) is 9.59 Å². The molecule has 0 bridgehead atoms. The summed E-state index contributed by atoms with van der Waals surface area (Å²) in [6.07, 6.45) is 4.71. The normalized spacial score (nSPS) is 17.0. The zero-order valence-electron chi connectivity index (χ0n) is 14.1. The average molecular weight is 317 g/mol. The molecule has 2 N–H and O–H groups in total. The van der Waals surface area contributed by atoms with E-state index in [0.29, 0.717) is 6.42 Å². The molecule has 23 heavy (non-hydrogen) atoms. The molecule has 0 radical (unpaired) electrons. The van der Waals surface area contributed by atoms with E-state index in [4.69, 9.17) is 5.11 Å². The number of rotatable bonds is 7. The number of nitrogens with one attached hydrogen (secondary N) is 1. The van der Waals surface area contributed by atoms with Crippen LogP contribution >= 0.6 is 0 Å². The van der Waals surface area contributed by atoms with Crippen molar-refractivity contribution in [2.24, 2.45) is 0 Å². The summed E-state index contributed by atoms with van der Waals surface area (Å²) < 4.78 is 0. The molecule has 0 atom stereocenters. The number of aliphatic carboxylic acids is 1. The molecule has 1 aliphatic rings. The highest BCUT2D eigenvalue weighted by Gasteiger charge is 2.37. The lowest BCUT2D eigenvalue weighted by molar-refractivity contribution is -0.139. The molecule has 0 saturated heterocycles. The highest BCUT2D eigenvalue weighted by atomic mass is 16.4. The van der Waals surface area contributed by atoms with E-state index in [2.05, 4.69) is 31.3 Å². The first-order valence-corrected chi connectivity index (χ1v) is 8.41. The predicted molar refractivity (Wildman–Crippen MR) is 90.3 cm³/mol. The molecule has 0 aliphatic heterocycles. The average Bonchev–Trinajstić information content (AvgIpc) is 2.93. The standard InChI is InChI=1S/C19H27NO3/c1-18(2,15-8-4-3-5-9-15)13-10-16(21)20-19(14-17(22)23)11-6-7-12-19/h3-5,8-9H,6-7,10-14H2,1-2H3,(H,20,21)(H,22,23). The van der Waals surface area contributed by atoms with E-state index in [9.17, 15) is 9.59 Å². The summed E-state index contributed by atoms with van der Waals surface area (Å²) in [4.78, 5) is 23.5. The molecule has 0 spiro atoms. The number of benzene rings is 1. The van der Waals surface area contributed by atoms with E-state index < -0.39 is 11.5 Å². The molecule has 1 fully saturated rings. The Balaban J connectivity index is 1.92. The molecule has 4 heteroatoms. The van der Waals surface area contributed by atoms with Gasteiger partial charge in [0.1, 0.15) is 0 Å². The minimum atomic E-state index is -0.836. The van der Waals surface area contributed by atoms with Crippen LogP contribution in [0.25, 0.3) is 0 Å². The van der Waals surface area contributed by atoms with Crippen LogP contribution in [0.1, 0.15) is 64.4 Å². The number of amides is 1. The summed E-state index contributed by atoms with van der Waals surface area (Å²) in [5.74, 6) is -0.867. The SMILES string of the molecule is CC(C)(CCC(=O)NC1(CC(=O)O)CCCC1)c1ccccc1. The van der Waals surface area contributed by atoms with Gasteiger partial charge in [-0.2, -0.15) is 0 Å². The van der Waals surface area contributed by atoms with E-state index in [1.165, 1.54) is 5.56 Å². The third kappa shape index (κ3) is 4.81. The Hall–Kier alpha value is -1.84. The van der Waals surface area contributed by atoms with Crippen molar-refractivity contribution in [1.82, 2.24) is 5.32 Å². The number of carboxylic acids is 1. The second kappa shape index (κ2) is 7.16. The molecule has 1 aromatic rings. The van der Waals surface area contributed by atoms with Crippen LogP contribution in [-0.4, -0.2) is 22.5 Å². The van der Waals surface area contributed by atoms with Crippen LogP contribution in [0.3, 0.4) is 0 Å². The van der Waals surface area contributed by atoms with E-state index >= 15 is 0 Å². The van der Waals surface area contributed by atoms with Crippen LogP contribution in [0.5, 0.6) is 0 Å². The van der Waals surface area contributed by atoms with Gasteiger partial charge < -0.3 is 10.4 Å². The molecule has 126 valence electrons. The number of carbonyl (C=O) groups is 2. The van der Waals surface area contributed by atoms with Gasteiger partial charge in [-0.05, 0) is 30.2 Å². The maximum atomic E-state index is 12.4. The van der Waals surface area contributed by atoms with Gasteiger partial charge >= 0.3 is 5.97 Å². The first-order valence-electron chi connectivity index (χ1n) is 8.41. The summed E-state index contributed by atoms with van der Waals surface area (Å²) in [5, 5.41) is 12.1. The number of hydrogen-bond acceptors (Lipinski definition) is 2. The van der Waals surface area contributed by atoms with E-state index in [0.717, 1.165) is 32.1 Å². The van der Waals surface area contributed by atoms with Gasteiger partial charge in [0.2, 0.25) is 5.91 Å². The van der Waals surface area contributed by atoms with Crippen LogP contribution in [0, 0.1) is 0 Å². The maximum Gasteiger partial charge on any atom is 0.305 e. The van der Waals surface area contributed by atoms with Gasteiger partial charge in [-0.15, -0.1) is 0 Å². The Kier molecular flexibility index (Phi) is 5.45. The lowest BCUT2D eigenvalue weighted by Gasteiger charge is -2.30. The minimum Gasteiger partial charge on any atom is -0.481 e. The summed E-state index contributed by atoms with van der Waals surface area (Å²) >= 11 is 0. The highest BCUT2D eigenvalue weighted by molar-refractivity contribution is 5.78. The maximum absolute atomic E-state index is 12.4. The molecule has 1 amide bonds. The number of hydrogen-bond donors (Lipinski definition) is 2. The summed E-state index contributed by atoms with van der Waals surface area (Å²) in [7, 11) is 0. The number of carbonyl (C=O) groups excluding carboxylic acids is 1. The lowest BCUT2D eigenvalue weighted by Crippen LogP contribution is -2.48. The van der Waals surface area contributed by atoms with Crippen LogP contribution in [0.15, 0.2) is 30.3 Å². The molecule has 0 aromatic heterocycles. The molecule has 1 aromatic carbocycles. The molecule has 4 nitrogen and oxygen atoms in total. The van der Waals surface area contributed by atoms with E-state index in [1.54, 1.807) is 0 Å². The van der Waals surface area contributed by atoms with Crippen molar-refractivity contribution in [2.45, 2.75) is 69.7 Å². The Labute approximate surface area is 138 Å². The lowest BCUT2D eigenvalue weighted by atomic mass is 9.80. The van der Waals surface area contributed by atoms with Gasteiger partial charge in [0.15, 0.2) is 0 Å². The second-order valence-corrected chi connectivity index (χ2v) is 7.36. The Morgan fingerprint density at radius 2 is 1.78 bits per heavy atom. The van der Waals surface area contributed by atoms with Gasteiger partial charge in [0.05, 0.1) is 12.0 Å². The molecular formula is C19H27NO3. The highest BCUT2D eigenvalue weighted by Crippen LogP contribution is 2.33. The van der Waals surface area contributed by atoms with Gasteiger partial charge in [-0.1, -0.05) is 57.0 Å². The summed E-state index contributed by atoms with van der Waals surface area (Å²) in [5.41, 5.74) is 0.613. The summed E-state index contributed by atoms with van der Waals surface area (Å²) in [6, 6.07) is 10.2. The van der Waals surface area contributed by atoms with Crippen molar-refractivity contribution < 1.29 is 14.7 Å². The van der Waals surface area contributed by atoms with Crippen molar-refractivity contribution in [3.63, 3.8) is 0 Å². The molecule has 1 saturated carbocycles.